The number of anilines is 2. The van der Waals surface area contributed by atoms with Gasteiger partial charge in [-0.05, 0) is 35.7 Å². The number of aromatic amines is 1. The number of aryl methyl sites for hydroxylation is 1. The van der Waals surface area contributed by atoms with E-state index < -0.39 is 12.7 Å². The van der Waals surface area contributed by atoms with Crippen LogP contribution in [0.5, 0.6) is 0 Å². The van der Waals surface area contributed by atoms with Gasteiger partial charge in [0.1, 0.15) is 0 Å². The van der Waals surface area contributed by atoms with E-state index in [-0.39, 0.29) is 6.54 Å². The van der Waals surface area contributed by atoms with Gasteiger partial charge in [-0.1, -0.05) is 23.7 Å². The van der Waals surface area contributed by atoms with E-state index >= 15 is 0 Å². The molecule has 5 rings (SSSR count). The van der Waals surface area contributed by atoms with Gasteiger partial charge in [0.05, 0.1) is 29.0 Å². The third-order valence-corrected chi connectivity index (χ3v) is 5.93. The number of nitrogens with one attached hydrogen (secondary N) is 2. The molecule has 2 N–H and O–H groups in total. The summed E-state index contributed by atoms with van der Waals surface area (Å²) in [4.78, 5) is 6.02. The minimum absolute atomic E-state index is 0.284. The van der Waals surface area contributed by atoms with Crippen LogP contribution >= 0.6 is 11.6 Å². The van der Waals surface area contributed by atoms with Gasteiger partial charge in [-0.15, -0.1) is 5.10 Å². The number of nitrogens with zero attached hydrogens (tertiary/aromatic N) is 5. The van der Waals surface area contributed by atoms with Gasteiger partial charge >= 0.3 is 6.18 Å². The fraction of sp³-hybridized carbons (Fsp3) is 0.286. The van der Waals surface area contributed by atoms with Crippen molar-refractivity contribution < 1.29 is 13.2 Å². The zero-order valence-corrected chi connectivity index (χ0v) is 17.8. The molecule has 0 fully saturated rings. The number of H-pyrrole nitrogens is 1. The molecule has 7 nitrogen and oxygen atoms in total. The molecule has 1 aliphatic rings. The Morgan fingerprint density at radius 1 is 1.19 bits per heavy atom. The number of fused-ring (bicyclic) bond motifs is 2. The molecule has 166 valence electrons. The molecule has 0 bridgehead atoms. The average Bonchev–Trinajstić information content (AvgIpc) is 3.36. The minimum Gasteiger partial charge on any atom is -0.323 e. The summed E-state index contributed by atoms with van der Waals surface area (Å²) in [5.74, 6) is 1.04. The topological polar surface area (TPSA) is 74.7 Å². The molecule has 0 atom stereocenters. The predicted octanol–water partition coefficient (Wildman–Crippen LogP) is 4.68. The lowest BCUT2D eigenvalue weighted by molar-refractivity contribution is -0.147. The SMILES string of the molecule is Cn1nc(-c2ccc3c(c2)CCN(CC(F)(F)F)C3)nc1Nc1ccc2[nH]ncc2c1Cl. The van der Waals surface area contributed by atoms with Crippen molar-refractivity contribution >= 4 is 34.1 Å². The Kier molecular flexibility index (Phi) is 5.06. The van der Waals surface area contributed by atoms with Crippen LogP contribution in [0.1, 0.15) is 11.1 Å². The van der Waals surface area contributed by atoms with Crippen LogP contribution in [0, 0.1) is 0 Å². The highest BCUT2D eigenvalue weighted by molar-refractivity contribution is 6.38. The van der Waals surface area contributed by atoms with E-state index in [0.29, 0.717) is 35.4 Å². The third kappa shape index (κ3) is 4.03. The second-order valence-electron chi connectivity index (χ2n) is 7.83. The first-order chi connectivity index (χ1) is 15.3. The Bertz CT molecular complexity index is 1290. The summed E-state index contributed by atoms with van der Waals surface area (Å²) >= 11 is 6.49. The van der Waals surface area contributed by atoms with Gasteiger partial charge in [0.15, 0.2) is 5.82 Å². The summed E-state index contributed by atoms with van der Waals surface area (Å²) in [5.41, 5.74) is 4.25. The van der Waals surface area contributed by atoms with Crippen molar-refractivity contribution in [3.8, 4) is 11.4 Å². The van der Waals surface area contributed by atoms with Crippen molar-refractivity contribution in [3.63, 3.8) is 0 Å². The molecule has 4 aromatic rings. The lowest BCUT2D eigenvalue weighted by atomic mass is 9.97. The lowest BCUT2D eigenvalue weighted by Gasteiger charge is -2.29. The van der Waals surface area contributed by atoms with Gasteiger partial charge in [0.25, 0.3) is 0 Å². The van der Waals surface area contributed by atoms with Crippen LogP contribution in [-0.2, 0) is 20.0 Å². The molecule has 2 aromatic carbocycles. The number of rotatable bonds is 4. The minimum atomic E-state index is -4.19. The molecular weight excluding hydrogens is 443 g/mol. The fourth-order valence-electron chi connectivity index (χ4n) is 3.95. The molecule has 0 unspecified atom stereocenters. The Balaban J connectivity index is 1.37. The molecule has 32 heavy (non-hydrogen) atoms. The molecule has 1 aliphatic heterocycles. The first kappa shape index (κ1) is 20.8. The maximum Gasteiger partial charge on any atom is 0.401 e. The Hall–Kier alpha value is -3.11. The van der Waals surface area contributed by atoms with Crippen LogP contribution in [0.2, 0.25) is 5.02 Å². The van der Waals surface area contributed by atoms with E-state index in [1.807, 2.05) is 30.3 Å². The van der Waals surface area contributed by atoms with Gasteiger partial charge in [-0.25, -0.2) is 4.68 Å². The van der Waals surface area contributed by atoms with Crippen molar-refractivity contribution in [2.24, 2.45) is 7.05 Å². The largest absolute Gasteiger partial charge is 0.401 e. The highest BCUT2D eigenvalue weighted by atomic mass is 35.5. The molecule has 3 heterocycles. The van der Waals surface area contributed by atoms with Crippen LogP contribution in [0.15, 0.2) is 36.5 Å². The molecule has 0 radical (unpaired) electrons. The molecule has 0 spiro atoms. The smallest absolute Gasteiger partial charge is 0.323 e. The monoisotopic (exact) mass is 461 g/mol. The van der Waals surface area contributed by atoms with Crippen LogP contribution in [0.3, 0.4) is 0 Å². The van der Waals surface area contributed by atoms with Crippen LogP contribution in [0.4, 0.5) is 24.8 Å². The zero-order valence-electron chi connectivity index (χ0n) is 17.0. The highest BCUT2D eigenvalue weighted by Gasteiger charge is 2.32. The number of alkyl halides is 3. The Labute approximate surface area is 186 Å². The summed E-state index contributed by atoms with van der Waals surface area (Å²) in [6.07, 6.45) is -1.98. The summed E-state index contributed by atoms with van der Waals surface area (Å²) in [7, 11) is 1.77. The van der Waals surface area contributed by atoms with Crippen molar-refractivity contribution in [1.29, 1.82) is 0 Å². The van der Waals surface area contributed by atoms with Crippen LogP contribution < -0.4 is 5.32 Å². The van der Waals surface area contributed by atoms with E-state index in [1.54, 1.807) is 17.9 Å². The number of benzene rings is 2. The van der Waals surface area contributed by atoms with Crippen LogP contribution in [0.25, 0.3) is 22.3 Å². The maximum atomic E-state index is 12.7. The van der Waals surface area contributed by atoms with Gasteiger partial charge in [-0.2, -0.15) is 23.3 Å². The van der Waals surface area contributed by atoms with Crippen molar-refractivity contribution in [1.82, 2.24) is 29.9 Å². The number of hydrogen-bond donors (Lipinski definition) is 2. The third-order valence-electron chi connectivity index (χ3n) is 5.53. The summed E-state index contributed by atoms with van der Waals surface area (Å²) < 4.78 is 39.7. The summed E-state index contributed by atoms with van der Waals surface area (Å²) in [6, 6.07) is 9.38. The molecular formula is C21H19ClF3N7. The van der Waals surface area contributed by atoms with E-state index in [4.69, 9.17) is 11.6 Å². The second kappa shape index (κ2) is 7.79. The van der Waals surface area contributed by atoms with Crippen molar-refractivity contribution in [2.75, 3.05) is 18.4 Å². The standard InChI is InChI=1S/C21H19ClF3N7/c1-31-20(27-17-5-4-16-15(18(17)22)9-26-29-16)28-19(30-31)13-2-3-14-10-32(11-21(23,24)25)7-6-12(14)8-13/h2-5,8-9H,6-7,10-11H2,1H3,(H,26,29)(H,27,28,30). The fourth-order valence-corrected chi connectivity index (χ4v) is 4.22. The normalized spacial score (nSPS) is 14.7. The lowest BCUT2D eigenvalue weighted by Crippen LogP contribution is -2.37. The number of hydrogen-bond acceptors (Lipinski definition) is 5. The first-order valence-corrected chi connectivity index (χ1v) is 10.4. The van der Waals surface area contributed by atoms with Crippen LogP contribution in [-0.4, -0.2) is 49.1 Å². The molecule has 0 aliphatic carbocycles. The van der Waals surface area contributed by atoms with Gasteiger partial charge in [0.2, 0.25) is 5.95 Å². The van der Waals surface area contributed by atoms with Gasteiger partial charge in [0, 0.05) is 31.1 Å². The molecule has 0 saturated heterocycles. The van der Waals surface area contributed by atoms with E-state index in [0.717, 1.165) is 27.6 Å². The molecule has 11 heteroatoms. The van der Waals surface area contributed by atoms with Gasteiger partial charge < -0.3 is 5.32 Å². The van der Waals surface area contributed by atoms with Gasteiger partial charge in [-0.3, -0.25) is 10.00 Å². The Morgan fingerprint density at radius 2 is 2.03 bits per heavy atom. The Morgan fingerprint density at radius 3 is 2.84 bits per heavy atom. The number of halogens is 4. The number of aromatic nitrogens is 5. The summed E-state index contributed by atoms with van der Waals surface area (Å²) in [6.45, 7) is -0.238. The average molecular weight is 462 g/mol. The molecule has 0 amide bonds. The van der Waals surface area contributed by atoms with E-state index in [1.165, 1.54) is 4.90 Å². The van der Waals surface area contributed by atoms with E-state index in [2.05, 4.69) is 25.6 Å². The highest BCUT2D eigenvalue weighted by Crippen LogP contribution is 2.32. The second-order valence-corrected chi connectivity index (χ2v) is 8.20. The zero-order chi connectivity index (χ0) is 22.5. The first-order valence-electron chi connectivity index (χ1n) is 9.98. The summed E-state index contributed by atoms with van der Waals surface area (Å²) in [5, 5.41) is 15.9. The maximum absolute atomic E-state index is 12.7. The quantitative estimate of drug-likeness (QED) is 0.462. The molecule has 2 aromatic heterocycles. The van der Waals surface area contributed by atoms with Crippen molar-refractivity contribution in [2.45, 2.75) is 19.1 Å². The molecule has 0 saturated carbocycles. The van der Waals surface area contributed by atoms with Crippen molar-refractivity contribution in [3.05, 3.63) is 52.7 Å². The van der Waals surface area contributed by atoms with E-state index in [9.17, 15) is 13.2 Å². The predicted molar refractivity (Wildman–Crippen MR) is 116 cm³/mol.